The zero-order valence-corrected chi connectivity index (χ0v) is 22.4. The lowest BCUT2D eigenvalue weighted by molar-refractivity contribution is -0.138. The third-order valence-electron chi connectivity index (χ3n) is 6.42. The first-order chi connectivity index (χ1) is 18.6. The first-order valence-electron chi connectivity index (χ1n) is 13.0. The fourth-order valence-corrected chi connectivity index (χ4v) is 4.54. The summed E-state index contributed by atoms with van der Waals surface area (Å²) in [6.07, 6.45) is 2.60. The smallest absolute Gasteiger partial charge is 0.305 e. The molecule has 7 nitrogen and oxygen atoms in total. The normalized spacial score (nSPS) is 12.5. The average Bonchev–Trinajstić information content (AvgIpc) is 2.88. The number of halogens is 2. The van der Waals surface area contributed by atoms with Crippen molar-refractivity contribution in [3.63, 3.8) is 0 Å². The number of rotatable bonds is 13. The van der Waals surface area contributed by atoms with Crippen molar-refractivity contribution in [3.8, 4) is 5.75 Å². The van der Waals surface area contributed by atoms with E-state index >= 15 is 0 Å². The second-order valence-corrected chi connectivity index (χ2v) is 9.45. The van der Waals surface area contributed by atoms with Gasteiger partial charge in [-0.25, -0.2) is 8.78 Å². The van der Waals surface area contributed by atoms with Crippen molar-refractivity contribution in [3.05, 3.63) is 99.0 Å². The van der Waals surface area contributed by atoms with E-state index < -0.39 is 41.2 Å². The number of carbonyl (C=O) groups is 2. The van der Waals surface area contributed by atoms with Gasteiger partial charge in [-0.1, -0.05) is 38.0 Å². The van der Waals surface area contributed by atoms with Crippen LogP contribution in [-0.4, -0.2) is 28.2 Å². The molecular formula is C30H34F2N2O5. The largest absolute Gasteiger partial charge is 0.494 e. The Kier molecular flexibility index (Phi) is 10.4. The molecule has 2 atom stereocenters. The Balaban J connectivity index is 1.99. The maximum absolute atomic E-state index is 14.3. The highest BCUT2D eigenvalue weighted by atomic mass is 19.1. The van der Waals surface area contributed by atoms with Gasteiger partial charge < -0.3 is 19.7 Å². The monoisotopic (exact) mass is 540 g/mol. The van der Waals surface area contributed by atoms with Gasteiger partial charge in [0, 0.05) is 23.7 Å². The van der Waals surface area contributed by atoms with E-state index in [4.69, 9.17) is 4.74 Å². The topological polar surface area (TPSA) is 97.6 Å². The molecule has 1 aromatic heterocycles. The Hall–Kier alpha value is -4.01. The summed E-state index contributed by atoms with van der Waals surface area (Å²) < 4.78 is 35.5. The summed E-state index contributed by atoms with van der Waals surface area (Å²) in [4.78, 5) is 38.8. The van der Waals surface area contributed by atoms with Crippen molar-refractivity contribution >= 4 is 11.9 Å². The minimum atomic E-state index is -1.10. The summed E-state index contributed by atoms with van der Waals surface area (Å²) in [5.74, 6) is -2.59. The number of hydrogen-bond donors (Lipinski definition) is 2. The second kappa shape index (κ2) is 13.7. The predicted octanol–water partition coefficient (Wildman–Crippen LogP) is 5.49. The summed E-state index contributed by atoms with van der Waals surface area (Å²) in [5.41, 5.74) is 0.588. The Labute approximate surface area is 226 Å². The van der Waals surface area contributed by atoms with Crippen LogP contribution in [-0.2, 0) is 16.0 Å². The highest BCUT2D eigenvalue weighted by Gasteiger charge is 2.27. The van der Waals surface area contributed by atoms with E-state index in [1.807, 2.05) is 13.8 Å². The molecule has 0 saturated heterocycles. The molecule has 0 spiro atoms. The zero-order chi connectivity index (χ0) is 28.5. The Morgan fingerprint density at radius 3 is 2.41 bits per heavy atom. The van der Waals surface area contributed by atoms with E-state index in [1.54, 1.807) is 43.5 Å². The van der Waals surface area contributed by atoms with Gasteiger partial charge in [-0.3, -0.25) is 14.4 Å². The van der Waals surface area contributed by atoms with Crippen molar-refractivity contribution < 1.29 is 28.2 Å². The van der Waals surface area contributed by atoms with Crippen LogP contribution < -0.4 is 15.6 Å². The van der Waals surface area contributed by atoms with Crippen molar-refractivity contribution in [2.24, 2.45) is 0 Å². The number of nitrogens with one attached hydrogen (secondary N) is 1. The summed E-state index contributed by atoms with van der Waals surface area (Å²) in [7, 11) is 0. The molecule has 3 rings (SSSR count). The highest BCUT2D eigenvalue weighted by molar-refractivity contribution is 5.81. The molecule has 0 unspecified atom stereocenters. The first kappa shape index (κ1) is 29.5. The molecule has 0 saturated carbocycles. The standard InChI is InChI=1S/C30H34F2N2O5/c1-4-6-13-27(29(37)33-26(17-28(35)36)20-9-7-10-22(15-20)39-5-2)34-18-19(3)14-21(30(34)38)16-23-24(31)11-8-12-25(23)32/h7-12,14-15,18,26-27H,4-6,13,16-17H2,1-3H3,(H,33,37)(H,35,36)/t26-,27-/m0/s1. The van der Waals surface area contributed by atoms with Gasteiger partial charge in [0.25, 0.3) is 5.56 Å². The van der Waals surface area contributed by atoms with Crippen molar-refractivity contribution in [2.75, 3.05) is 6.61 Å². The van der Waals surface area contributed by atoms with Crippen LogP contribution in [0.1, 0.15) is 73.9 Å². The van der Waals surface area contributed by atoms with Crippen LogP contribution in [0.5, 0.6) is 5.75 Å². The van der Waals surface area contributed by atoms with Crippen LogP contribution in [0.4, 0.5) is 8.78 Å². The van der Waals surface area contributed by atoms with Crippen molar-refractivity contribution in [2.45, 2.75) is 65.0 Å². The lowest BCUT2D eigenvalue weighted by Crippen LogP contribution is -2.40. The van der Waals surface area contributed by atoms with Gasteiger partial charge in [-0.2, -0.15) is 0 Å². The third kappa shape index (κ3) is 7.75. The van der Waals surface area contributed by atoms with Crippen molar-refractivity contribution in [1.82, 2.24) is 9.88 Å². The number of aryl methyl sites for hydroxylation is 1. The Morgan fingerprint density at radius 1 is 1.08 bits per heavy atom. The number of aliphatic carboxylic acids is 1. The molecule has 0 bridgehead atoms. The fourth-order valence-electron chi connectivity index (χ4n) is 4.54. The van der Waals surface area contributed by atoms with Crippen LogP contribution >= 0.6 is 0 Å². The molecule has 39 heavy (non-hydrogen) atoms. The first-order valence-corrected chi connectivity index (χ1v) is 13.0. The van der Waals surface area contributed by atoms with Gasteiger partial charge in [-0.05, 0) is 61.7 Å². The van der Waals surface area contributed by atoms with Crippen LogP contribution in [0, 0.1) is 18.6 Å². The number of pyridine rings is 1. The fraction of sp³-hybridized carbons (Fsp3) is 0.367. The molecule has 3 aromatic rings. The number of carboxylic acid groups (broad SMARTS) is 1. The van der Waals surface area contributed by atoms with Gasteiger partial charge in [0.15, 0.2) is 0 Å². The summed E-state index contributed by atoms with van der Waals surface area (Å²) in [6, 6.07) is 10.1. The molecule has 208 valence electrons. The number of nitrogens with zero attached hydrogens (tertiary/aromatic N) is 1. The van der Waals surface area contributed by atoms with E-state index in [-0.39, 0.29) is 24.0 Å². The molecule has 1 heterocycles. The minimum Gasteiger partial charge on any atom is -0.494 e. The van der Waals surface area contributed by atoms with Gasteiger partial charge >= 0.3 is 5.97 Å². The molecule has 1 amide bonds. The number of aromatic nitrogens is 1. The number of benzene rings is 2. The molecule has 0 aliphatic carbocycles. The lowest BCUT2D eigenvalue weighted by Gasteiger charge is -2.25. The van der Waals surface area contributed by atoms with Gasteiger partial charge in [0.05, 0.1) is 19.1 Å². The van der Waals surface area contributed by atoms with Crippen LogP contribution in [0.15, 0.2) is 59.5 Å². The summed E-state index contributed by atoms with van der Waals surface area (Å²) in [6.45, 7) is 5.94. The van der Waals surface area contributed by atoms with E-state index in [1.165, 1.54) is 10.6 Å². The number of ether oxygens (including phenoxy) is 1. The number of hydrogen-bond acceptors (Lipinski definition) is 4. The van der Waals surface area contributed by atoms with Crippen LogP contribution in [0.25, 0.3) is 0 Å². The molecule has 2 N–H and O–H groups in total. The van der Waals surface area contributed by atoms with Gasteiger partial charge in [-0.15, -0.1) is 0 Å². The van der Waals surface area contributed by atoms with Gasteiger partial charge in [0.2, 0.25) is 5.91 Å². The van der Waals surface area contributed by atoms with Crippen molar-refractivity contribution in [1.29, 1.82) is 0 Å². The number of unbranched alkanes of at least 4 members (excludes halogenated alkanes) is 1. The van der Waals surface area contributed by atoms with E-state index in [0.29, 0.717) is 36.3 Å². The average molecular weight is 541 g/mol. The predicted molar refractivity (Wildman–Crippen MR) is 144 cm³/mol. The second-order valence-electron chi connectivity index (χ2n) is 9.45. The maximum Gasteiger partial charge on any atom is 0.305 e. The summed E-state index contributed by atoms with van der Waals surface area (Å²) in [5, 5.41) is 12.4. The molecule has 0 radical (unpaired) electrons. The molecule has 0 aliphatic heterocycles. The SMILES string of the molecule is CCCC[C@@H](C(=O)N[C@@H](CC(=O)O)c1cccc(OCC)c1)n1cc(C)cc(Cc2c(F)cccc2F)c1=O. The zero-order valence-electron chi connectivity index (χ0n) is 22.4. The summed E-state index contributed by atoms with van der Waals surface area (Å²) >= 11 is 0. The number of carbonyl (C=O) groups excluding carboxylic acids is 1. The van der Waals surface area contributed by atoms with Crippen LogP contribution in [0.2, 0.25) is 0 Å². The quantitative estimate of drug-likeness (QED) is 0.299. The molecule has 0 aliphatic rings. The minimum absolute atomic E-state index is 0.153. The Morgan fingerprint density at radius 2 is 1.77 bits per heavy atom. The highest BCUT2D eigenvalue weighted by Crippen LogP contribution is 2.25. The van der Waals surface area contributed by atoms with E-state index in [0.717, 1.165) is 18.6 Å². The lowest BCUT2D eigenvalue weighted by atomic mass is 10.0. The van der Waals surface area contributed by atoms with E-state index in [2.05, 4.69) is 5.32 Å². The molecular weight excluding hydrogens is 506 g/mol. The van der Waals surface area contributed by atoms with Crippen LogP contribution in [0.3, 0.4) is 0 Å². The number of amides is 1. The molecule has 0 fully saturated rings. The van der Waals surface area contributed by atoms with Gasteiger partial charge in [0.1, 0.15) is 23.4 Å². The number of carboxylic acids is 1. The Bertz CT molecular complexity index is 1350. The molecule has 9 heteroatoms. The third-order valence-corrected chi connectivity index (χ3v) is 6.42. The molecule has 2 aromatic carbocycles. The maximum atomic E-state index is 14.3. The van der Waals surface area contributed by atoms with E-state index in [9.17, 15) is 28.3 Å².